The van der Waals surface area contributed by atoms with E-state index in [0.29, 0.717) is 24.3 Å². The molecule has 0 aliphatic carbocycles. The number of piperidine rings is 1. The average molecular weight is 372 g/mol. The second-order valence-electron chi connectivity index (χ2n) is 6.34. The van der Waals surface area contributed by atoms with Gasteiger partial charge < -0.3 is 4.74 Å². The minimum absolute atomic E-state index is 0.0991. The largest absolute Gasteiger partial charge is 0.471 e. The Morgan fingerprint density at radius 2 is 2.04 bits per heavy atom. The van der Waals surface area contributed by atoms with Crippen LogP contribution in [-0.2, 0) is 10.0 Å². The first-order chi connectivity index (χ1) is 12.4. The molecule has 1 atom stereocenters. The van der Waals surface area contributed by atoms with Crippen molar-refractivity contribution in [2.75, 3.05) is 13.1 Å². The van der Waals surface area contributed by atoms with Gasteiger partial charge in [-0.1, -0.05) is 12.1 Å². The fraction of sp³-hybridized carbons (Fsp3) is 0.389. The van der Waals surface area contributed by atoms with Crippen LogP contribution in [0, 0.1) is 25.2 Å². The van der Waals surface area contributed by atoms with E-state index in [-0.39, 0.29) is 24.2 Å². The van der Waals surface area contributed by atoms with E-state index in [0.717, 1.165) is 11.1 Å². The number of sulfonamides is 1. The highest BCUT2D eigenvalue weighted by Crippen LogP contribution is 2.26. The van der Waals surface area contributed by atoms with Gasteiger partial charge >= 0.3 is 0 Å². The number of aryl methyl sites for hydroxylation is 2. The molecule has 2 aromatic rings. The lowest BCUT2D eigenvalue weighted by molar-refractivity contribution is 0.124. The van der Waals surface area contributed by atoms with Crippen LogP contribution < -0.4 is 4.74 Å². The van der Waals surface area contributed by atoms with Crippen molar-refractivity contribution in [3.8, 4) is 11.9 Å². The van der Waals surface area contributed by atoms with E-state index in [1.54, 1.807) is 13.0 Å². The summed E-state index contributed by atoms with van der Waals surface area (Å²) in [6, 6.07) is 7.35. The molecule has 0 radical (unpaired) electrons. The van der Waals surface area contributed by atoms with Gasteiger partial charge in [0.05, 0.1) is 11.4 Å². The molecule has 2 heterocycles. The molecule has 1 aromatic carbocycles. The molecule has 136 valence electrons. The summed E-state index contributed by atoms with van der Waals surface area (Å²) in [4.78, 5) is 8.29. The molecule has 1 fully saturated rings. The van der Waals surface area contributed by atoms with Gasteiger partial charge in [0.25, 0.3) is 5.88 Å². The highest BCUT2D eigenvalue weighted by Gasteiger charge is 2.32. The highest BCUT2D eigenvalue weighted by atomic mass is 32.2. The van der Waals surface area contributed by atoms with E-state index >= 15 is 0 Å². The van der Waals surface area contributed by atoms with Gasteiger partial charge in [-0.05, 0) is 43.9 Å². The minimum atomic E-state index is -3.60. The van der Waals surface area contributed by atoms with Crippen LogP contribution in [0.1, 0.15) is 29.7 Å². The molecular formula is C18H20N4O3S. The van der Waals surface area contributed by atoms with Gasteiger partial charge in [0.2, 0.25) is 15.7 Å². The Balaban J connectivity index is 1.82. The number of nitriles is 1. The molecule has 1 unspecified atom stereocenters. The van der Waals surface area contributed by atoms with E-state index in [1.165, 1.54) is 16.7 Å². The van der Waals surface area contributed by atoms with Crippen LogP contribution in [0.3, 0.4) is 0 Å². The molecule has 26 heavy (non-hydrogen) atoms. The van der Waals surface area contributed by atoms with E-state index in [9.17, 15) is 8.42 Å². The summed E-state index contributed by atoms with van der Waals surface area (Å²) in [6.45, 7) is 4.33. The predicted octanol–water partition coefficient (Wildman–Crippen LogP) is 2.20. The van der Waals surface area contributed by atoms with Crippen molar-refractivity contribution >= 4 is 10.0 Å². The van der Waals surface area contributed by atoms with Gasteiger partial charge in [0.15, 0.2) is 0 Å². The van der Waals surface area contributed by atoms with Crippen molar-refractivity contribution < 1.29 is 13.2 Å². The molecule has 1 aliphatic rings. The zero-order chi connectivity index (χ0) is 18.7. The quantitative estimate of drug-likeness (QED) is 0.816. The first kappa shape index (κ1) is 18.3. The molecule has 0 bridgehead atoms. The SMILES string of the molecule is Cc1ccc(C)c(S(=O)(=O)N2CCCC(Oc3nccnc3C#N)C2)c1. The van der Waals surface area contributed by atoms with Gasteiger partial charge in [0.1, 0.15) is 12.2 Å². The molecule has 0 N–H and O–H groups in total. The third-order valence-electron chi connectivity index (χ3n) is 4.35. The number of hydrogen-bond acceptors (Lipinski definition) is 6. The zero-order valence-electron chi connectivity index (χ0n) is 14.7. The molecule has 3 rings (SSSR count). The third-order valence-corrected chi connectivity index (χ3v) is 6.36. The maximum absolute atomic E-state index is 13.1. The molecule has 0 saturated carbocycles. The highest BCUT2D eigenvalue weighted by molar-refractivity contribution is 7.89. The fourth-order valence-corrected chi connectivity index (χ4v) is 4.81. The maximum Gasteiger partial charge on any atom is 0.251 e. The molecule has 7 nitrogen and oxygen atoms in total. The number of rotatable bonds is 4. The Morgan fingerprint density at radius 3 is 2.81 bits per heavy atom. The Kier molecular flexibility index (Phi) is 5.20. The van der Waals surface area contributed by atoms with E-state index in [1.807, 2.05) is 25.1 Å². The fourth-order valence-electron chi connectivity index (χ4n) is 2.99. The second kappa shape index (κ2) is 7.40. The molecule has 0 spiro atoms. The van der Waals surface area contributed by atoms with Crippen LogP contribution in [0.15, 0.2) is 35.5 Å². The summed E-state index contributed by atoms with van der Waals surface area (Å²) in [5, 5.41) is 9.10. The van der Waals surface area contributed by atoms with Gasteiger partial charge in [-0.15, -0.1) is 0 Å². The van der Waals surface area contributed by atoms with Crippen molar-refractivity contribution in [3.63, 3.8) is 0 Å². The third kappa shape index (κ3) is 3.69. The van der Waals surface area contributed by atoms with Crippen molar-refractivity contribution in [1.82, 2.24) is 14.3 Å². The number of benzene rings is 1. The lowest BCUT2D eigenvalue weighted by Gasteiger charge is -2.32. The van der Waals surface area contributed by atoms with Crippen molar-refractivity contribution in [2.24, 2.45) is 0 Å². The zero-order valence-corrected chi connectivity index (χ0v) is 15.5. The number of nitrogens with zero attached hydrogens (tertiary/aromatic N) is 4. The maximum atomic E-state index is 13.1. The second-order valence-corrected chi connectivity index (χ2v) is 8.24. The monoisotopic (exact) mass is 372 g/mol. The summed E-state index contributed by atoms with van der Waals surface area (Å²) in [5.41, 5.74) is 1.72. The van der Waals surface area contributed by atoms with E-state index < -0.39 is 10.0 Å². The van der Waals surface area contributed by atoms with Crippen molar-refractivity contribution in [2.45, 2.75) is 37.7 Å². The Morgan fingerprint density at radius 1 is 1.27 bits per heavy atom. The van der Waals surface area contributed by atoms with Crippen LogP contribution in [0.5, 0.6) is 5.88 Å². The molecule has 8 heteroatoms. The topological polar surface area (TPSA) is 96.2 Å². The molecule has 1 saturated heterocycles. The Bertz CT molecular complexity index is 953. The van der Waals surface area contributed by atoms with Crippen molar-refractivity contribution in [1.29, 1.82) is 5.26 Å². The number of ether oxygens (including phenoxy) is 1. The van der Waals surface area contributed by atoms with Gasteiger partial charge in [0, 0.05) is 18.9 Å². The summed E-state index contributed by atoms with van der Waals surface area (Å²) in [5.74, 6) is 0.144. The van der Waals surface area contributed by atoms with Crippen LogP contribution in [0.25, 0.3) is 0 Å². The molecule has 1 aromatic heterocycles. The van der Waals surface area contributed by atoms with Crippen LogP contribution in [0.4, 0.5) is 0 Å². The molecular weight excluding hydrogens is 352 g/mol. The molecule has 0 amide bonds. The first-order valence-electron chi connectivity index (χ1n) is 8.37. The van der Waals surface area contributed by atoms with Crippen LogP contribution in [-0.4, -0.2) is 41.9 Å². The lowest BCUT2D eigenvalue weighted by Crippen LogP contribution is -2.44. The minimum Gasteiger partial charge on any atom is -0.471 e. The van der Waals surface area contributed by atoms with Gasteiger partial charge in [-0.2, -0.15) is 9.57 Å². The molecule has 1 aliphatic heterocycles. The summed E-state index contributed by atoms with van der Waals surface area (Å²) in [6.07, 6.45) is 3.87. The number of hydrogen-bond donors (Lipinski definition) is 0. The lowest BCUT2D eigenvalue weighted by atomic mass is 10.1. The Labute approximate surface area is 153 Å². The summed E-state index contributed by atoms with van der Waals surface area (Å²) < 4.78 is 33.4. The summed E-state index contributed by atoms with van der Waals surface area (Å²) >= 11 is 0. The smallest absolute Gasteiger partial charge is 0.251 e. The summed E-state index contributed by atoms with van der Waals surface area (Å²) in [7, 11) is -3.60. The number of aromatic nitrogens is 2. The van der Waals surface area contributed by atoms with Gasteiger partial charge in [-0.3, -0.25) is 0 Å². The van der Waals surface area contributed by atoms with Crippen LogP contribution in [0.2, 0.25) is 0 Å². The normalized spacial score (nSPS) is 18.3. The van der Waals surface area contributed by atoms with Crippen molar-refractivity contribution in [3.05, 3.63) is 47.4 Å². The predicted molar refractivity (Wildman–Crippen MR) is 95.1 cm³/mol. The standard InChI is InChI=1S/C18H20N4O3S/c1-13-5-6-14(2)17(10-13)26(23,24)22-9-3-4-15(12-22)25-18-16(11-19)20-7-8-21-18/h5-8,10,15H,3-4,9,12H2,1-2H3. The van der Waals surface area contributed by atoms with E-state index in [2.05, 4.69) is 9.97 Å². The van der Waals surface area contributed by atoms with Crippen LogP contribution >= 0.6 is 0 Å². The van der Waals surface area contributed by atoms with E-state index in [4.69, 9.17) is 10.00 Å². The average Bonchev–Trinajstić information content (AvgIpc) is 2.64. The Hall–Kier alpha value is -2.50. The first-order valence-corrected chi connectivity index (χ1v) is 9.81. The van der Waals surface area contributed by atoms with Gasteiger partial charge in [-0.25, -0.2) is 18.4 Å².